The van der Waals surface area contributed by atoms with Crippen LogP contribution >= 0.6 is 11.6 Å². The number of amides is 1. The van der Waals surface area contributed by atoms with Gasteiger partial charge >= 0.3 is 5.69 Å². The van der Waals surface area contributed by atoms with Gasteiger partial charge in [0.05, 0.1) is 46.3 Å². The van der Waals surface area contributed by atoms with Gasteiger partial charge in [-0.3, -0.25) is 14.3 Å². The van der Waals surface area contributed by atoms with Crippen LogP contribution in [0, 0.1) is 11.6 Å². The fourth-order valence-corrected chi connectivity index (χ4v) is 4.47. The Labute approximate surface area is 202 Å². The zero-order chi connectivity index (χ0) is 24.7. The van der Waals surface area contributed by atoms with E-state index in [9.17, 15) is 19.1 Å². The Morgan fingerprint density at radius 3 is 2.91 bits per heavy atom. The number of carbonyl (C=O) groups excluding carboxylic acids is 1. The molecule has 35 heavy (non-hydrogen) atoms. The first kappa shape index (κ1) is 23.1. The number of piperidine rings is 1. The molecule has 1 saturated heterocycles. The Balaban J connectivity index is 1.60. The number of β-amino-alcohol motifs (C(OH)–C–C–N with tert-alkyl or cyclic N) is 1. The van der Waals surface area contributed by atoms with Crippen LogP contribution in [0.3, 0.4) is 0 Å². The maximum absolute atomic E-state index is 15.1. The summed E-state index contributed by atoms with van der Waals surface area (Å²) in [6.07, 6.45) is 2.17. The molecule has 0 bridgehead atoms. The second-order valence-electron chi connectivity index (χ2n) is 8.30. The highest BCUT2D eigenvalue weighted by molar-refractivity contribution is 6.31. The number of imidazole rings is 2. The van der Waals surface area contributed by atoms with E-state index in [0.29, 0.717) is 36.1 Å². The lowest BCUT2D eigenvalue weighted by Gasteiger charge is -2.30. The number of likely N-dealkylation sites (tertiary alicyclic amines) is 1. The number of nitrogens with zero attached hydrogens (tertiary/aromatic N) is 3. The van der Waals surface area contributed by atoms with Crippen molar-refractivity contribution in [3.05, 3.63) is 63.8 Å². The molecule has 0 radical (unpaired) electrons. The monoisotopic (exact) mass is 502 g/mol. The van der Waals surface area contributed by atoms with Gasteiger partial charge in [0.2, 0.25) is 5.91 Å². The van der Waals surface area contributed by atoms with Crippen LogP contribution in [0.15, 0.2) is 41.5 Å². The van der Waals surface area contributed by atoms with Gasteiger partial charge in [-0.05, 0) is 43.2 Å². The van der Waals surface area contributed by atoms with Crippen LogP contribution in [0.1, 0.15) is 12.8 Å². The molecular formula is C23H21ClF2N6O3. The number of aliphatic hydroxyl groups excluding tert-OH is 1. The summed E-state index contributed by atoms with van der Waals surface area (Å²) in [5.41, 5.74) is 0.214. The highest BCUT2D eigenvalue weighted by Crippen LogP contribution is 2.35. The molecule has 182 valence electrons. The molecule has 9 nitrogen and oxygen atoms in total. The number of fused-ring (bicyclic) bond motifs is 1. The van der Waals surface area contributed by atoms with Gasteiger partial charge in [-0.2, -0.15) is 0 Å². The van der Waals surface area contributed by atoms with Crippen LogP contribution in [0.25, 0.3) is 28.0 Å². The standard InChI is InChI=1S/C23H21ClF2N6O3/c24-14-4-5-15(25)19(20(14)26)21-22(27-9-18(34)31-7-1-2-13(33)10-31)30-23(35)32(21)12-3-6-16-17(8-12)29-11-28-16/h3-6,8,11,13,27,33H,1-2,7,9-10H2,(H,28,29)(H,30,35). The molecule has 2 aromatic heterocycles. The number of nitrogens with one attached hydrogen (secondary N) is 3. The highest BCUT2D eigenvalue weighted by atomic mass is 35.5. The van der Waals surface area contributed by atoms with Crippen molar-refractivity contribution in [2.45, 2.75) is 18.9 Å². The minimum absolute atomic E-state index is 0.0503. The number of aromatic nitrogens is 4. The van der Waals surface area contributed by atoms with Crippen molar-refractivity contribution < 1.29 is 18.7 Å². The number of hydrogen-bond donors (Lipinski definition) is 4. The number of aliphatic hydroxyl groups is 1. The maximum Gasteiger partial charge on any atom is 0.332 e. The Bertz CT molecular complexity index is 1480. The average molecular weight is 503 g/mol. The van der Waals surface area contributed by atoms with E-state index in [-0.39, 0.29) is 35.5 Å². The Morgan fingerprint density at radius 1 is 1.29 bits per heavy atom. The normalized spacial score (nSPS) is 16.1. The number of rotatable bonds is 5. The summed E-state index contributed by atoms with van der Waals surface area (Å²) >= 11 is 5.94. The molecule has 4 aromatic rings. The molecule has 0 aliphatic carbocycles. The molecule has 1 aliphatic rings. The maximum atomic E-state index is 15.1. The third-order valence-electron chi connectivity index (χ3n) is 6.00. The number of halogens is 3. The van der Waals surface area contributed by atoms with E-state index < -0.39 is 29.0 Å². The first-order chi connectivity index (χ1) is 16.8. The Hall–Kier alpha value is -3.70. The fraction of sp³-hybridized carbons (Fsp3) is 0.261. The molecule has 3 heterocycles. The summed E-state index contributed by atoms with van der Waals surface area (Å²) in [6.45, 7) is 0.430. The molecule has 1 unspecified atom stereocenters. The summed E-state index contributed by atoms with van der Waals surface area (Å²) in [7, 11) is 0. The molecule has 0 saturated carbocycles. The quantitative estimate of drug-likeness (QED) is 0.313. The summed E-state index contributed by atoms with van der Waals surface area (Å²) in [6, 6.07) is 6.95. The van der Waals surface area contributed by atoms with Crippen LogP contribution in [0.5, 0.6) is 0 Å². The van der Waals surface area contributed by atoms with Gasteiger partial charge in [0.1, 0.15) is 17.3 Å². The minimum atomic E-state index is -1.05. The zero-order valence-corrected chi connectivity index (χ0v) is 19.1. The van der Waals surface area contributed by atoms with Crippen molar-refractivity contribution in [1.82, 2.24) is 24.4 Å². The molecule has 1 atom stereocenters. The van der Waals surface area contributed by atoms with Crippen molar-refractivity contribution in [3.8, 4) is 16.9 Å². The van der Waals surface area contributed by atoms with Crippen LogP contribution in [0.4, 0.5) is 14.6 Å². The van der Waals surface area contributed by atoms with Crippen LogP contribution in [0.2, 0.25) is 5.02 Å². The zero-order valence-electron chi connectivity index (χ0n) is 18.3. The molecule has 5 rings (SSSR count). The SMILES string of the molecule is O=C(CNc1[nH]c(=O)n(-c2ccc3nc[nH]c3c2)c1-c1c(F)ccc(Cl)c1F)N1CCCC(O)C1. The number of hydrogen-bond acceptors (Lipinski definition) is 5. The van der Waals surface area contributed by atoms with Gasteiger partial charge in [-0.15, -0.1) is 0 Å². The smallest absolute Gasteiger partial charge is 0.332 e. The molecule has 12 heteroatoms. The number of carbonyl (C=O) groups is 1. The molecule has 1 amide bonds. The van der Waals surface area contributed by atoms with Gasteiger partial charge in [0.15, 0.2) is 5.82 Å². The summed E-state index contributed by atoms with van der Waals surface area (Å²) < 4.78 is 31.2. The van der Waals surface area contributed by atoms with E-state index in [2.05, 4.69) is 20.3 Å². The molecule has 4 N–H and O–H groups in total. The topological polar surface area (TPSA) is 119 Å². The average Bonchev–Trinajstić information content (AvgIpc) is 3.43. The largest absolute Gasteiger partial charge is 0.391 e. The van der Waals surface area contributed by atoms with E-state index in [1.165, 1.54) is 11.2 Å². The number of benzene rings is 2. The molecule has 1 fully saturated rings. The van der Waals surface area contributed by atoms with E-state index in [1.807, 2.05) is 0 Å². The Kier molecular flexibility index (Phi) is 6.03. The van der Waals surface area contributed by atoms with Crippen LogP contribution in [-0.2, 0) is 4.79 Å². The highest BCUT2D eigenvalue weighted by Gasteiger charge is 2.27. The second-order valence-corrected chi connectivity index (χ2v) is 8.71. The van der Waals surface area contributed by atoms with Gasteiger partial charge in [-0.25, -0.2) is 18.6 Å². The van der Waals surface area contributed by atoms with Crippen molar-refractivity contribution in [2.24, 2.45) is 0 Å². The van der Waals surface area contributed by atoms with E-state index in [0.717, 1.165) is 16.7 Å². The van der Waals surface area contributed by atoms with Crippen molar-refractivity contribution in [1.29, 1.82) is 0 Å². The van der Waals surface area contributed by atoms with Crippen molar-refractivity contribution >= 4 is 34.4 Å². The second kappa shape index (κ2) is 9.16. The molecule has 0 spiro atoms. The summed E-state index contributed by atoms with van der Waals surface area (Å²) in [5, 5.41) is 12.3. The van der Waals surface area contributed by atoms with E-state index in [1.54, 1.807) is 18.2 Å². The Morgan fingerprint density at radius 2 is 2.11 bits per heavy atom. The molecule has 2 aromatic carbocycles. The van der Waals surface area contributed by atoms with Crippen molar-refractivity contribution in [3.63, 3.8) is 0 Å². The van der Waals surface area contributed by atoms with Crippen molar-refractivity contribution in [2.75, 3.05) is 25.0 Å². The third-order valence-corrected chi connectivity index (χ3v) is 6.30. The number of aromatic amines is 2. The van der Waals surface area contributed by atoms with Gasteiger partial charge < -0.3 is 20.3 Å². The predicted octanol–water partition coefficient (Wildman–Crippen LogP) is 3.04. The lowest BCUT2D eigenvalue weighted by Crippen LogP contribution is -2.44. The van der Waals surface area contributed by atoms with Crippen LogP contribution in [-0.4, -0.2) is 61.2 Å². The summed E-state index contributed by atoms with van der Waals surface area (Å²) in [5.74, 6) is -2.36. The number of anilines is 1. The minimum Gasteiger partial charge on any atom is -0.391 e. The van der Waals surface area contributed by atoms with Gasteiger partial charge in [0.25, 0.3) is 0 Å². The molecular weight excluding hydrogens is 482 g/mol. The lowest BCUT2D eigenvalue weighted by atomic mass is 10.1. The predicted molar refractivity (Wildman–Crippen MR) is 127 cm³/mol. The van der Waals surface area contributed by atoms with Crippen LogP contribution < -0.4 is 11.0 Å². The fourth-order valence-electron chi connectivity index (χ4n) is 4.31. The summed E-state index contributed by atoms with van der Waals surface area (Å²) in [4.78, 5) is 36.9. The first-order valence-electron chi connectivity index (χ1n) is 11.0. The number of H-pyrrole nitrogens is 2. The van der Waals surface area contributed by atoms with Gasteiger partial charge in [0, 0.05) is 13.1 Å². The van der Waals surface area contributed by atoms with E-state index in [4.69, 9.17) is 11.6 Å². The lowest BCUT2D eigenvalue weighted by molar-refractivity contribution is -0.132. The van der Waals surface area contributed by atoms with Gasteiger partial charge in [-0.1, -0.05) is 11.6 Å². The van der Waals surface area contributed by atoms with E-state index >= 15 is 4.39 Å². The third kappa shape index (κ3) is 4.28. The first-order valence-corrected chi connectivity index (χ1v) is 11.3. The molecule has 1 aliphatic heterocycles.